The van der Waals surface area contributed by atoms with E-state index in [-0.39, 0.29) is 49.9 Å². The van der Waals surface area contributed by atoms with E-state index in [2.05, 4.69) is 71.3 Å². The molecule has 1 aliphatic carbocycles. The van der Waals surface area contributed by atoms with Crippen molar-refractivity contribution < 1.29 is 35.6 Å². The molecular weight excluding hydrogens is 1390 g/mol. The Labute approximate surface area is 518 Å². The van der Waals surface area contributed by atoms with Crippen LogP contribution < -0.4 is 49.1 Å². The second kappa shape index (κ2) is 30.6. The molecule has 0 bridgehead atoms. The number of thioether (sulfide) groups is 2. The molecule has 0 aromatic heterocycles. The van der Waals surface area contributed by atoms with E-state index in [0.29, 0.717) is 87.1 Å². The van der Waals surface area contributed by atoms with E-state index in [1.54, 1.807) is 72.8 Å². The third kappa shape index (κ3) is 18.6. The number of carbonyl (C=O) groups is 1. The quantitative estimate of drug-likeness (QED) is 0.00736. The van der Waals surface area contributed by atoms with Crippen LogP contribution in [-0.4, -0.2) is 50.4 Å². The molecule has 0 spiro atoms. The Bertz CT molecular complexity index is 3490. The van der Waals surface area contributed by atoms with Crippen LogP contribution in [0.2, 0.25) is 10.0 Å². The van der Waals surface area contributed by atoms with Gasteiger partial charge in [-0.05, 0) is 162 Å². The number of nitrogens with two attached hydrogens (primary N) is 4. The number of hydrogen-bond acceptors (Lipinski definition) is 15. The van der Waals surface area contributed by atoms with Gasteiger partial charge in [0.2, 0.25) is 0 Å². The molecule has 1 heterocycles. The highest BCUT2D eigenvalue weighted by Gasteiger charge is 2.30. The summed E-state index contributed by atoms with van der Waals surface area (Å²) < 4.78 is 87.8. The summed E-state index contributed by atoms with van der Waals surface area (Å²) in [6, 6.07) is 32.9. The van der Waals surface area contributed by atoms with Gasteiger partial charge in [0.1, 0.15) is 29.0 Å². The zero-order valence-corrected chi connectivity index (χ0v) is 51.9. The first-order chi connectivity index (χ1) is 39.0. The minimum Gasteiger partial charge on any atom is -0.398 e. The van der Waals surface area contributed by atoms with Crippen molar-refractivity contribution in [3.05, 3.63) is 176 Å². The summed E-state index contributed by atoms with van der Waals surface area (Å²) >= 11 is 18.7. The highest BCUT2D eigenvalue weighted by Crippen LogP contribution is 2.38. The number of nitrogens with zero attached hydrogens (tertiary/aromatic N) is 3. The van der Waals surface area contributed by atoms with E-state index < -0.39 is 39.4 Å². The molecule has 6 aromatic rings. The van der Waals surface area contributed by atoms with Crippen molar-refractivity contribution in [3.63, 3.8) is 0 Å². The molecule has 6 aromatic carbocycles. The van der Waals surface area contributed by atoms with Gasteiger partial charge in [0.25, 0.3) is 5.91 Å². The maximum atomic E-state index is 14.6. The molecule has 1 saturated carbocycles. The number of hydrogen-bond donors (Lipinski definition) is 9. The Morgan fingerprint density at radius 1 is 0.720 bits per heavy atom. The first-order valence-electron chi connectivity index (χ1n) is 24.7. The number of piperidine rings is 1. The lowest BCUT2D eigenvalue weighted by atomic mass is 10.1. The van der Waals surface area contributed by atoms with E-state index in [0.717, 1.165) is 55.6 Å². The summed E-state index contributed by atoms with van der Waals surface area (Å²) in [5, 5.41) is 28.8. The molecule has 432 valence electrons. The molecule has 1 aliphatic heterocycles. The van der Waals surface area contributed by atoms with Gasteiger partial charge in [0, 0.05) is 53.5 Å². The topological polar surface area (TPSA) is 275 Å². The van der Waals surface area contributed by atoms with Crippen LogP contribution in [0.25, 0.3) is 0 Å². The van der Waals surface area contributed by atoms with E-state index in [4.69, 9.17) is 51.0 Å². The van der Waals surface area contributed by atoms with Gasteiger partial charge in [-0.2, -0.15) is 23.2 Å². The predicted molar refractivity (Wildman–Crippen MR) is 336 cm³/mol. The second-order valence-corrected chi connectivity index (χ2v) is 25.5. The van der Waals surface area contributed by atoms with Gasteiger partial charge in [-0.15, -0.1) is 0 Å². The average Bonchev–Trinajstić information content (AvgIpc) is 4.20. The van der Waals surface area contributed by atoms with Gasteiger partial charge in [0.05, 0.1) is 55.0 Å². The number of anilines is 7. The number of nitrogens with one attached hydrogen (secondary N) is 5. The molecule has 2 fully saturated rings. The summed E-state index contributed by atoms with van der Waals surface area (Å²) in [7, 11) is -3.96. The van der Waals surface area contributed by atoms with Crippen LogP contribution in [-0.2, 0) is 15.0 Å². The van der Waals surface area contributed by atoms with Crippen molar-refractivity contribution in [3.8, 4) is 12.1 Å². The number of benzene rings is 6. The molecule has 82 heavy (non-hydrogen) atoms. The SMILES string of the molecule is CC(C)NC1CCN(S(=O)(=O)Nc2ccc(F)c(F)c2Nc2ccc(I)cc2Cl)CC1.N#CC(=C(/N)Sc1ccccc1N)/C(C#N)=C(\N)Sc1ccccc1N.O=C(NOCC1CC1)c1ccc(F)c(F)c1Nc1ccc(I)cc1Cl. The lowest BCUT2D eigenvalue weighted by Gasteiger charge is -2.33. The highest BCUT2D eigenvalue weighted by molar-refractivity contribution is 14.1. The number of carbonyl (C=O) groups excluding carboxylic acids is 1. The Morgan fingerprint density at radius 3 is 1.65 bits per heavy atom. The molecular formula is C55H54Cl2F4I2N12O4S3. The molecule has 16 nitrogen and oxygen atoms in total. The lowest BCUT2D eigenvalue weighted by molar-refractivity contribution is 0.0270. The van der Waals surface area contributed by atoms with Crippen LogP contribution in [0.3, 0.4) is 0 Å². The van der Waals surface area contributed by atoms with Crippen molar-refractivity contribution >= 4 is 148 Å². The fourth-order valence-corrected chi connectivity index (χ4v) is 12.2. The van der Waals surface area contributed by atoms with Gasteiger partial charge in [0.15, 0.2) is 23.3 Å². The van der Waals surface area contributed by atoms with Crippen LogP contribution in [0, 0.1) is 59.0 Å². The lowest BCUT2D eigenvalue weighted by Crippen LogP contribution is -2.48. The van der Waals surface area contributed by atoms with E-state index in [9.17, 15) is 41.3 Å². The monoisotopic (exact) mass is 1440 g/mol. The van der Waals surface area contributed by atoms with Crippen LogP contribution in [0.1, 0.15) is 49.9 Å². The van der Waals surface area contributed by atoms with E-state index >= 15 is 0 Å². The summed E-state index contributed by atoms with van der Waals surface area (Å²) in [5.74, 6) is -4.75. The van der Waals surface area contributed by atoms with Crippen molar-refractivity contribution in [2.45, 2.75) is 61.4 Å². The molecule has 2 aliphatic rings. The Kier molecular flexibility index (Phi) is 24.4. The summed E-state index contributed by atoms with van der Waals surface area (Å²) in [5.41, 5.74) is 27.1. The molecule has 0 atom stereocenters. The summed E-state index contributed by atoms with van der Waals surface area (Å²) in [4.78, 5) is 18.8. The molecule has 0 radical (unpaired) electrons. The highest BCUT2D eigenvalue weighted by atomic mass is 127. The van der Waals surface area contributed by atoms with Crippen molar-refractivity contribution in [1.82, 2.24) is 15.1 Å². The van der Waals surface area contributed by atoms with Gasteiger partial charge in [-0.3, -0.25) is 14.4 Å². The first-order valence-corrected chi connectivity index (χ1v) is 30.7. The average molecular weight is 1440 g/mol. The fourth-order valence-electron chi connectivity index (χ4n) is 7.53. The third-order valence-electron chi connectivity index (χ3n) is 11.8. The van der Waals surface area contributed by atoms with Gasteiger partial charge < -0.3 is 38.9 Å². The maximum Gasteiger partial charge on any atom is 0.301 e. The Hall–Kier alpha value is -5.86. The van der Waals surface area contributed by atoms with E-state index in [1.807, 2.05) is 38.1 Å². The number of nitriles is 2. The fraction of sp³-hybridized carbons (Fsp3) is 0.218. The van der Waals surface area contributed by atoms with Gasteiger partial charge >= 0.3 is 10.2 Å². The molecule has 0 unspecified atom stereocenters. The van der Waals surface area contributed by atoms with Crippen LogP contribution in [0.5, 0.6) is 0 Å². The number of halogens is 8. The maximum absolute atomic E-state index is 14.6. The number of para-hydroxylation sites is 2. The van der Waals surface area contributed by atoms with Gasteiger partial charge in [-0.25, -0.2) is 23.0 Å². The van der Waals surface area contributed by atoms with Crippen LogP contribution in [0.15, 0.2) is 140 Å². The zero-order chi connectivity index (χ0) is 59.8. The summed E-state index contributed by atoms with van der Waals surface area (Å²) in [6.07, 6.45) is 3.47. The largest absolute Gasteiger partial charge is 0.398 e. The third-order valence-corrected chi connectivity index (χ3v) is 17.4. The molecule has 13 N–H and O–H groups in total. The number of allylic oxidation sites excluding steroid dienone is 2. The van der Waals surface area contributed by atoms with Crippen molar-refractivity contribution in [1.29, 1.82) is 10.5 Å². The predicted octanol–water partition coefficient (Wildman–Crippen LogP) is 13.2. The zero-order valence-electron chi connectivity index (χ0n) is 43.6. The number of rotatable bonds is 18. The number of nitrogen functional groups attached to an aromatic ring is 2. The number of amides is 1. The molecule has 8 rings (SSSR count). The van der Waals surface area contributed by atoms with Crippen LogP contribution >= 0.6 is 91.9 Å². The molecule has 1 saturated heterocycles. The van der Waals surface area contributed by atoms with Crippen LogP contribution in [0.4, 0.5) is 57.4 Å². The van der Waals surface area contributed by atoms with Crippen molar-refractivity contribution in [2.24, 2.45) is 17.4 Å². The summed E-state index contributed by atoms with van der Waals surface area (Å²) in [6.45, 7) is 5.15. The standard InChI is InChI=1S/C20H24ClF2IN4O2S.C18H16N6S2.C17H14ClF2IN2O2/c1-12(2)25-14-7-9-28(10-8-14)31(29,30)27-18-6-4-16(22)19(23)20(18)26-17-5-3-13(24)11-15(17)21;19-9-11(17(23)25-15-7-3-1-5-13(15)21)12(10-20)18(24)26-16-8-4-2-6-14(16)22;18-12-7-10(21)3-6-14(12)22-16-11(4-5-13(19)15(16)20)17(24)23-25-8-9-1-2-9/h3-6,11-12,14,25-27H,7-10H2,1-2H3;1-8H,21-24H2;3-7,9,22H,1-2,8H2,(H,23,24)/b;17-11+,18-12+;. The van der Waals surface area contributed by atoms with E-state index in [1.165, 1.54) is 16.4 Å². The smallest absolute Gasteiger partial charge is 0.301 e. The first kappa shape index (κ1) is 65.3. The van der Waals surface area contributed by atoms with Crippen molar-refractivity contribution in [2.75, 3.05) is 46.5 Å². The molecule has 27 heteroatoms. The van der Waals surface area contributed by atoms with Gasteiger partial charge in [-0.1, -0.05) is 84.8 Å². The minimum atomic E-state index is -3.96. The Morgan fingerprint density at radius 2 is 1.18 bits per heavy atom. The Balaban J connectivity index is 0.000000199. The normalized spacial score (nSPS) is 14.1. The molecule has 1 amide bonds. The second-order valence-electron chi connectivity index (χ2n) is 18.3. The number of hydroxylamine groups is 1. The minimum absolute atomic E-state index is 0.000237.